The second kappa shape index (κ2) is 3.01. The first-order valence-corrected chi connectivity index (χ1v) is 4.05. The van der Waals surface area contributed by atoms with Crippen molar-refractivity contribution in [1.29, 1.82) is 0 Å². The zero-order valence-corrected chi connectivity index (χ0v) is 7.76. The first-order valence-electron chi connectivity index (χ1n) is 4.05. The molecule has 0 atom stereocenters. The summed E-state index contributed by atoms with van der Waals surface area (Å²) in [4.78, 5) is 4.01. The van der Waals surface area contributed by atoms with Crippen LogP contribution in [0.15, 0.2) is 6.07 Å². The Labute approximate surface area is 72.8 Å². The third kappa shape index (κ3) is 1.49. The van der Waals surface area contributed by atoms with Gasteiger partial charge in [-0.25, -0.2) is 4.98 Å². The molecule has 0 fully saturated rings. The number of pyridine rings is 1. The molecule has 0 unspecified atom stereocenters. The molecule has 1 rings (SSSR count). The van der Waals surface area contributed by atoms with Gasteiger partial charge in [-0.05, 0) is 30.0 Å². The molecule has 0 aromatic carbocycles. The van der Waals surface area contributed by atoms with Gasteiger partial charge in [0.1, 0.15) is 11.6 Å². The molecule has 12 heavy (non-hydrogen) atoms. The lowest BCUT2D eigenvalue weighted by atomic mass is 9.99. The van der Waals surface area contributed by atoms with Crippen molar-refractivity contribution in [3.8, 4) is 0 Å². The van der Waals surface area contributed by atoms with Gasteiger partial charge in [0.25, 0.3) is 0 Å². The molecule has 1 heterocycles. The van der Waals surface area contributed by atoms with E-state index in [4.69, 9.17) is 11.5 Å². The average Bonchev–Trinajstić information content (AvgIpc) is 1.82. The number of hydrogen-bond acceptors (Lipinski definition) is 3. The van der Waals surface area contributed by atoms with Crippen molar-refractivity contribution in [2.24, 2.45) is 0 Å². The van der Waals surface area contributed by atoms with Crippen LogP contribution in [-0.2, 0) is 0 Å². The van der Waals surface area contributed by atoms with Crippen molar-refractivity contribution in [3.63, 3.8) is 0 Å². The molecule has 1 aromatic heterocycles. The maximum atomic E-state index is 5.73. The van der Waals surface area contributed by atoms with Gasteiger partial charge in [-0.15, -0.1) is 0 Å². The number of hydrogen-bond donors (Lipinski definition) is 2. The fourth-order valence-corrected chi connectivity index (χ4v) is 1.48. The summed E-state index contributed by atoms with van der Waals surface area (Å²) in [6.45, 7) is 6.19. The summed E-state index contributed by atoms with van der Waals surface area (Å²) in [6.07, 6.45) is 0. The van der Waals surface area contributed by atoms with Crippen LogP contribution in [0.25, 0.3) is 0 Å². The van der Waals surface area contributed by atoms with Crippen LogP contribution in [-0.4, -0.2) is 4.98 Å². The van der Waals surface area contributed by atoms with Crippen molar-refractivity contribution < 1.29 is 0 Å². The summed E-state index contributed by atoms with van der Waals surface area (Å²) in [7, 11) is 0. The van der Waals surface area contributed by atoms with Crippen LogP contribution in [0.1, 0.15) is 30.9 Å². The largest absolute Gasteiger partial charge is 0.384 e. The number of anilines is 2. The van der Waals surface area contributed by atoms with Gasteiger partial charge in [0.15, 0.2) is 0 Å². The van der Waals surface area contributed by atoms with Crippen molar-refractivity contribution >= 4 is 11.6 Å². The molecule has 0 aliphatic rings. The first-order chi connectivity index (χ1) is 5.52. The Hall–Kier alpha value is -1.25. The minimum Gasteiger partial charge on any atom is -0.384 e. The van der Waals surface area contributed by atoms with E-state index in [-0.39, 0.29) is 0 Å². The predicted molar refractivity (Wildman–Crippen MR) is 51.9 cm³/mol. The number of nitrogen functional groups attached to an aromatic ring is 2. The summed E-state index contributed by atoms with van der Waals surface area (Å²) in [5, 5.41) is 0. The lowest BCUT2D eigenvalue weighted by Crippen LogP contribution is -2.04. The quantitative estimate of drug-likeness (QED) is 0.665. The average molecular weight is 165 g/mol. The highest BCUT2D eigenvalue weighted by Gasteiger charge is 2.09. The lowest BCUT2D eigenvalue weighted by Gasteiger charge is -2.12. The maximum absolute atomic E-state index is 5.73. The predicted octanol–water partition coefficient (Wildman–Crippen LogP) is 1.68. The number of nitrogens with two attached hydrogens (primary N) is 2. The van der Waals surface area contributed by atoms with Gasteiger partial charge < -0.3 is 11.5 Å². The zero-order chi connectivity index (χ0) is 9.30. The van der Waals surface area contributed by atoms with E-state index in [9.17, 15) is 0 Å². The summed E-state index contributed by atoms with van der Waals surface area (Å²) in [5.41, 5.74) is 13.5. The molecule has 0 amide bonds. The Balaban J connectivity index is 3.28. The summed E-state index contributed by atoms with van der Waals surface area (Å²) in [6, 6.07) is 1.85. The minimum absolute atomic E-state index is 0.401. The fraction of sp³-hybridized carbons (Fsp3) is 0.444. The van der Waals surface area contributed by atoms with Crippen molar-refractivity contribution in [2.75, 3.05) is 11.5 Å². The molecule has 3 nitrogen and oxygen atoms in total. The van der Waals surface area contributed by atoms with Crippen LogP contribution in [0.4, 0.5) is 11.6 Å². The molecule has 1 aromatic rings. The highest BCUT2D eigenvalue weighted by molar-refractivity contribution is 5.52. The molecule has 0 spiro atoms. The molecule has 3 heteroatoms. The Morgan fingerprint density at radius 2 is 1.92 bits per heavy atom. The van der Waals surface area contributed by atoms with E-state index in [1.54, 1.807) is 0 Å². The van der Waals surface area contributed by atoms with Crippen LogP contribution in [0.2, 0.25) is 0 Å². The van der Waals surface area contributed by atoms with Crippen LogP contribution < -0.4 is 11.5 Å². The van der Waals surface area contributed by atoms with E-state index in [1.807, 2.05) is 13.0 Å². The lowest BCUT2D eigenvalue weighted by molar-refractivity contribution is 0.853. The normalized spacial score (nSPS) is 10.7. The summed E-state index contributed by atoms with van der Waals surface area (Å²) < 4.78 is 0. The highest BCUT2D eigenvalue weighted by atomic mass is 14.9. The Bertz CT molecular complexity index is 269. The van der Waals surface area contributed by atoms with E-state index >= 15 is 0 Å². The van der Waals surface area contributed by atoms with Gasteiger partial charge in [0.2, 0.25) is 0 Å². The Morgan fingerprint density at radius 3 is 2.33 bits per heavy atom. The van der Waals surface area contributed by atoms with E-state index in [0.717, 1.165) is 11.1 Å². The number of aryl methyl sites for hydroxylation is 1. The molecular formula is C9H15N3. The van der Waals surface area contributed by atoms with Gasteiger partial charge in [0.05, 0.1) is 0 Å². The monoisotopic (exact) mass is 165 g/mol. The zero-order valence-electron chi connectivity index (χ0n) is 7.76. The summed E-state index contributed by atoms with van der Waals surface area (Å²) in [5.74, 6) is 1.45. The van der Waals surface area contributed by atoms with E-state index < -0.39 is 0 Å². The molecule has 0 bridgehead atoms. The Morgan fingerprint density at radius 1 is 1.33 bits per heavy atom. The number of aromatic nitrogens is 1. The van der Waals surface area contributed by atoms with Gasteiger partial charge in [-0.2, -0.15) is 0 Å². The molecule has 0 aliphatic carbocycles. The fourth-order valence-electron chi connectivity index (χ4n) is 1.48. The van der Waals surface area contributed by atoms with Gasteiger partial charge >= 0.3 is 0 Å². The number of rotatable bonds is 1. The summed E-state index contributed by atoms with van der Waals surface area (Å²) >= 11 is 0. The van der Waals surface area contributed by atoms with Crippen LogP contribution in [0, 0.1) is 6.92 Å². The maximum Gasteiger partial charge on any atom is 0.129 e. The number of nitrogens with zero attached hydrogens (tertiary/aromatic N) is 1. The van der Waals surface area contributed by atoms with Crippen molar-refractivity contribution in [2.45, 2.75) is 26.7 Å². The SMILES string of the molecule is Cc1cc(N)nc(N)c1C(C)C. The molecule has 0 saturated carbocycles. The minimum atomic E-state index is 0.401. The van der Waals surface area contributed by atoms with E-state index in [1.165, 1.54) is 0 Å². The topological polar surface area (TPSA) is 64.9 Å². The first kappa shape index (κ1) is 8.84. The molecule has 0 aliphatic heterocycles. The third-order valence-electron chi connectivity index (χ3n) is 1.89. The molecular weight excluding hydrogens is 150 g/mol. The second-order valence-electron chi connectivity index (χ2n) is 3.32. The van der Waals surface area contributed by atoms with E-state index in [2.05, 4.69) is 18.8 Å². The Kier molecular flexibility index (Phi) is 2.22. The van der Waals surface area contributed by atoms with Gasteiger partial charge in [-0.3, -0.25) is 0 Å². The molecule has 4 N–H and O–H groups in total. The highest BCUT2D eigenvalue weighted by Crippen LogP contribution is 2.24. The van der Waals surface area contributed by atoms with Crippen molar-refractivity contribution in [3.05, 3.63) is 17.2 Å². The molecule has 0 saturated heterocycles. The van der Waals surface area contributed by atoms with Gasteiger partial charge in [0, 0.05) is 0 Å². The van der Waals surface area contributed by atoms with E-state index in [0.29, 0.717) is 17.6 Å². The van der Waals surface area contributed by atoms with Crippen LogP contribution >= 0.6 is 0 Å². The van der Waals surface area contributed by atoms with Crippen LogP contribution in [0.5, 0.6) is 0 Å². The van der Waals surface area contributed by atoms with Crippen molar-refractivity contribution in [1.82, 2.24) is 4.98 Å². The van der Waals surface area contributed by atoms with Crippen LogP contribution in [0.3, 0.4) is 0 Å². The third-order valence-corrected chi connectivity index (χ3v) is 1.89. The molecule has 66 valence electrons. The van der Waals surface area contributed by atoms with Gasteiger partial charge in [-0.1, -0.05) is 13.8 Å². The smallest absolute Gasteiger partial charge is 0.129 e. The second-order valence-corrected chi connectivity index (χ2v) is 3.32. The molecule has 0 radical (unpaired) electrons. The standard InChI is InChI=1S/C9H15N3/c1-5(2)8-6(3)4-7(10)12-9(8)11/h4-5H,1-3H3,(H4,10,11,12).